The van der Waals surface area contributed by atoms with E-state index < -0.39 is 0 Å². The Balaban J connectivity index is 2.32. The normalized spacial score (nSPS) is 27.7. The smallest absolute Gasteiger partial charge is 0.0610 e. The summed E-state index contributed by atoms with van der Waals surface area (Å²) in [6.45, 7) is 6.07. The van der Waals surface area contributed by atoms with Crippen molar-refractivity contribution in [3.8, 4) is 0 Å². The van der Waals surface area contributed by atoms with E-state index >= 15 is 0 Å². The van der Waals surface area contributed by atoms with E-state index in [-0.39, 0.29) is 0 Å². The molecule has 0 aromatic rings. The van der Waals surface area contributed by atoms with E-state index in [2.05, 4.69) is 18.8 Å². The Morgan fingerprint density at radius 2 is 2.67 bits per heavy atom. The average Bonchev–Trinajstić information content (AvgIpc) is 1.88. The van der Waals surface area contributed by atoms with Crippen LogP contribution in [-0.2, 0) is 0 Å². The summed E-state index contributed by atoms with van der Waals surface area (Å²) in [7, 11) is 0. The molecule has 1 aliphatic rings. The molecule has 9 heavy (non-hydrogen) atoms. The third-order valence-electron chi connectivity index (χ3n) is 1.60. The van der Waals surface area contributed by atoms with Crippen molar-refractivity contribution in [1.29, 1.82) is 0 Å². The molecule has 1 N–H and O–H groups in total. The highest BCUT2D eigenvalue weighted by atomic mass is 32.2. The van der Waals surface area contributed by atoms with Crippen molar-refractivity contribution in [1.82, 2.24) is 5.32 Å². The minimum atomic E-state index is 0.693. The first-order chi connectivity index (χ1) is 4.33. The van der Waals surface area contributed by atoms with Gasteiger partial charge in [0.1, 0.15) is 0 Å². The Labute approximate surface area is 60.9 Å². The van der Waals surface area contributed by atoms with Crippen LogP contribution in [0, 0.1) is 0 Å². The van der Waals surface area contributed by atoms with Gasteiger partial charge in [-0.1, -0.05) is 13.5 Å². The van der Waals surface area contributed by atoms with Crippen LogP contribution < -0.4 is 5.32 Å². The van der Waals surface area contributed by atoms with Crippen LogP contribution in [0.25, 0.3) is 0 Å². The van der Waals surface area contributed by atoms with Crippen LogP contribution in [-0.4, -0.2) is 11.8 Å². The van der Waals surface area contributed by atoms with Crippen molar-refractivity contribution in [2.75, 3.05) is 5.75 Å². The molecule has 0 bridgehead atoms. The molecular formula is C7H13NS. The summed E-state index contributed by atoms with van der Waals surface area (Å²) < 4.78 is 0. The largest absolute Gasteiger partial charge is 0.378 e. The van der Waals surface area contributed by atoms with Gasteiger partial charge >= 0.3 is 0 Å². The Morgan fingerprint density at radius 3 is 3.11 bits per heavy atom. The third kappa shape index (κ3) is 1.94. The van der Waals surface area contributed by atoms with E-state index in [4.69, 9.17) is 0 Å². The summed E-state index contributed by atoms with van der Waals surface area (Å²) in [5.74, 6) is 1.24. The highest BCUT2D eigenvalue weighted by molar-refractivity contribution is 8.03. The predicted octanol–water partition coefficient (Wildman–Crippen LogP) is 1.96. The van der Waals surface area contributed by atoms with E-state index in [1.807, 2.05) is 11.8 Å². The molecule has 1 heterocycles. The van der Waals surface area contributed by atoms with Gasteiger partial charge in [-0.25, -0.2) is 0 Å². The van der Waals surface area contributed by atoms with Gasteiger partial charge in [-0.2, -0.15) is 0 Å². The van der Waals surface area contributed by atoms with Gasteiger partial charge in [0.25, 0.3) is 0 Å². The summed E-state index contributed by atoms with van der Waals surface area (Å²) in [5, 5.41) is 4.48. The molecule has 52 valence electrons. The van der Waals surface area contributed by atoms with Crippen LogP contribution >= 0.6 is 11.8 Å². The van der Waals surface area contributed by atoms with Gasteiger partial charge in [0, 0.05) is 11.8 Å². The summed E-state index contributed by atoms with van der Waals surface area (Å²) in [5.41, 5.74) is 0. The van der Waals surface area contributed by atoms with Crippen molar-refractivity contribution in [2.45, 2.75) is 25.8 Å². The standard InChI is InChI=1S/C7H13NS/c1-3-7-4-5-9-6(2)8-7/h7-8H,2-5H2,1H3. The Bertz CT molecular complexity index is 111. The lowest BCUT2D eigenvalue weighted by Gasteiger charge is -2.24. The lowest BCUT2D eigenvalue weighted by molar-refractivity contribution is 0.542. The van der Waals surface area contributed by atoms with Crippen molar-refractivity contribution >= 4 is 11.8 Å². The lowest BCUT2D eigenvalue weighted by atomic mass is 10.2. The Morgan fingerprint density at radius 1 is 1.89 bits per heavy atom. The first-order valence-electron chi connectivity index (χ1n) is 3.41. The summed E-state index contributed by atoms with van der Waals surface area (Å²) in [4.78, 5) is 0. The molecule has 0 aromatic heterocycles. The van der Waals surface area contributed by atoms with Crippen molar-refractivity contribution in [3.05, 3.63) is 11.6 Å². The molecule has 0 amide bonds. The van der Waals surface area contributed by atoms with E-state index in [1.165, 1.54) is 18.6 Å². The van der Waals surface area contributed by atoms with E-state index in [0.29, 0.717) is 6.04 Å². The zero-order chi connectivity index (χ0) is 6.69. The molecule has 0 spiro atoms. The van der Waals surface area contributed by atoms with E-state index in [0.717, 1.165) is 5.03 Å². The summed E-state index contributed by atoms with van der Waals surface area (Å²) in [6.07, 6.45) is 2.51. The highest BCUT2D eigenvalue weighted by Gasteiger charge is 2.11. The zero-order valence-corrected chi connectivity index (χ0v) is 6.63. The Hall–Kier alpha value is -0.110. The number of nitrogens with one attached hydrogen (secondary N) is 1. The first kappa shape index (κ1) is 7.00. The van der Waals surface area contributed by atoms with Crippen molar-refractivity contribution in [3.63, 3.8) is 0 Å². The molecule has 1 saturated heterocycles. The van der Waals surface area contributed by atoms with Crippen LogP contribution in [0.4, 0.5) is 0 Å². The van der Waals surface area contributed by atoms with Crippen LogP contribution in [0.1, 0.15) is 19.8 Å². The minimum Gasteiger partial charge on any atom is -0.378 e. The maximum atomic E-state index is 3.86. The average molecular weight is 143 g/mol. The van der Waals surface area contributed by atoms with Gasteiger partial charge in [-0.15, -0.1) is 11.8 Å². The van der Waals surface area contributed by atoms with Crippen LogP contribution in [0.15, 0.2) is 11.6 Å². The summed E-state index contributed by atoms with van der Waals surface area (Å²) >= 11 is 1.83. The summed E-state index contributed by atoms with van der Waals surface area (Å²) in [6, 6.07) is 0.693. The van der Waals surface area contributed by atoms with Crippen molar-refractivity contribution in [2.24, 2.45) is 0 Å². The molecule has 0 aromatic carbocycles. The maximum Gasteiger partial charge on any atom is 0.0610 e. The molecule has 1 aliphatic heterocycles. The van der Waals surface area contributed by atoms with Crippen LogP contribution in [0.2, 0.25) is 0 Å². The van der Waals surface area contributed by atoms with Crippen LogP contribution in [0.5, 0.6) is 0 Å². The Kier molecular flexibility index (Phi) is 2.46. The quantitative estimate of drug-likeness (QED) is 0.602. The monoisotopic (exact) mass is 143 g/mol. The number of rotatable bonds is 1. The fourth-order valence-corrected chi connectivity index (χ4v) is 1.87. The van der Waals surface area contributed by atoms with Gasteiger partial charge in [0.05, 0.1) is 5.03 Å². The molecule has 0 radical (unpaired) electrons. The second-order valence-electron chi connectivity index (χ2n) is 2.31. The van der Waals surface area contributed by atoms with Gasteiger partial charge in [0.2, 0.25) is 0 Å². The molecule has 1 atom stereocenters. The van der Waals surface area contributed by atoms with Gasteiger partial charge in [-0.05, 0) is 12.8 Å². The highest BCUT2D eigenvalue weighted by Crippen LogP contribution is 2.20. The molecule has 1 fully saturated rings. The SMILES string of the molecule is C=C1NC(CC)CCS1. The first-order valence-corrected chi connectivity index (χ1v) is 4.39. The van der Waals surface area contributed by atoms with E-state index in [1.54, 1.807) is 0 Å². The minimum absolute atomic E-state index is 0.693. The molecule has 0 aliphatic carbocycles. The maximum absolute atomic E-state index is 3.86. The predicted molar refractivity (Wildman–Crippen MR) is 43.4 cm³/mol. The third-order valence-corrected chi connectivity index (χ3v) is 2.51. The molecule has 1 rings (SSSR count). The molecule has 1 nitrogen and oxygen atoms in total. The molecule has 0 saturated carbocycles. The number of hydrogen-bond acceptors (Lipinski definition) is 2. The number of hydrogen-bond donors (Lipinski definition) is 1. The lowest BCUT2D eigenvalue weighted by Crippen LogP contribution is -2.30. The topological polar surface area (TPSA) is 12.0 Å². The van der Waals surface area contributed by atoms with Gasteiger partial charge < -0.3 is 5.32 Å². The molecule has 1 unspecified atom stereocenters. The van der Waals surface area contributed by atoms with E-state index in [9.17, 15) is 0 Å². The fraction of sp³-hybridized carbons (Fsp3) is 0.714. The zero-order valence-electron chi connectivity index (χ0n) is 5.81. The second kappa shape index (κ2) is 3.16. The van der Waals surface area contributed by atoms with Gasteiger partial charge in [-0.3, -0.25) is 0 Å². The second-order valence-corrected chi connectivity index (χ2v) is 3.50. The fourth-order valence-electron chi connectivity index (χ4n) is 0.972. The van der Waals surface area contributed by atoms with Crippen LogP contribution in [0.3, 0.4) is 0 Å². The molecule has 2 heteroatoms. The molecular weight excluding hydrogens is 130 g/mol. The van der Waals surface area contributed by atoms with Crippen molar-refractivity contribution < 1.29 is 0 Å². The van der Waals surface area contributed by atoms with Gasteiger partial charge in [0.15, 0.2) is 0 Å². The number of thioether (sulfide) groups is 1.